The molecule has 4 heteroatoms. The molecule has 0 saturated heterocycles. The highest BCUT2D eigenvalue weighted by molar-refractivity contribution is 6.04. The third-order valence-electron chi connectivity index (χ3n) is 3.69. The molecule has 136 valence electrons. The molecular weight excluding hydrogens is 338 g/mol. The van der Waals surface area contributed by atoms with E-state index in [4.69, 9.17) is 9.47 Å². The van der Waals surface area contributed by atoms with Crippen LogP contribution in [0, 0.1) is 0 Å². The van der Waals surface area contributed by atoms with E-state index in [0.29, 0.717) is 29.4 Å². The topological polar surface area (TPSA) is 47.6 Å². The summed E-state index contributed by atoms with van der Waals surface area (Å²) in [7, 11) is 0. The predicted octanol–water partition coefficient (Wildman–Crippen LogP) is 5.69. The Morgan fingerprint density at radius 1 is 0.852 bits per heavy atom. The Kier molecular flexibility index (Phi) is 5.90. The lowest BCUT2D eigenvalue weighted by Crippen LogP contribution is -2.11. The molecule has 3 aromatic carbocycles. The normalized spacial score (nSPS) is 10.1. The molecule has 4 nitrogen and oxygen atoms in total. The summed E-state index contributed by atoms with van der Waals surface area (Å²) < 4.78 is 11.3. The van der Waals surface area contributed by atoms with Gasteiger partial charge in [-0.25, -0.2) is 0 Å². The molecule has 0 fully saturated rings. The number of amides is 1. The van der Waals surface area contributed by atoms with Gasteiger partial charge in [0.15, 0.2) is 0 Å². The van der Waals surface area contributed by atoms with Gasteiger partial charge in [-0.2, -0.15) is 0 Å². The van der Waals surface area contributed by atoms with Gasteiger partial charge in [0.25, 0.3) is 5.91 Å². The zero-order valence-corrected chi connectivity index (χ0v) is 15.1. The average Bonchev–Trinajstić information content (AvgIpc) is 2.69. The van der Waals surface area contributed by atoms with Gasteiger partial charge in [-0.05, 0) is 73.2 Å². The third kappa shape index (κ3) is 5.47. The van der Waals surface area contributed by atoms with Crippen molar-refractivity contribution >= 4 is 11.6 Å². The van der Waals surface area contributed by atoms with Crippen LogP contribution in [0.1, 0.15) is 17.3 Å². The second-order valence-electron chi connectivity index (χ2n) is 6.16. The van der Waals surface area contributed by atoms with E-state index < -0.39 is 0 Å². The Hall–Kier alpha value is -3.53. The quantitative estimate of drug-likeness (QED) is 0.552. The zero-order valence-electron chi connectivity index (χ0n) is 15.1. The number of hydrogen-bond donors (Lipinski definition) is 1. The summed E-state index contributed by atoms with van der Waals surface area (Å²) >= 11 is 0. The first-order chi connectivity index (χ1) is 13.1. The Labute approximate surface area is 159 Å². The molecule has 0 saturated carbocycles. The van der Waals surface area contributed by atoms with Crippen molar-refractivity contribution in [1.82, 2.24) is 0 Å². The van der Waals surface area contributed by atoms with E-state index in [9.17, 15) is 4.79 Å². The molecule has 27 heavy (non-hydrogen) atoms. The van der Waals surface area contributed by atoms with Crippen LogP contribution < -0.4 is 14.8 Å². The van der Waals surface area contributed by atoms with E-state index in [2.05, 4.69) is 11.9 Å². The number of para-hydroxylation sites is 1. The largest absolute Gasteiger partial charge is 0.489 e. The molecule has 0 heterocycles. The molecule has 1 amide bonds. The van der Waals surface area contributed by atoms with Gasteiger partial charge in [0, 0.05) is 11.3 Å². The fraction of sp³-hybridized carbons (Fsp3) is 0.0870. The molecule has 3 aromatic rings. The highest BCUT2D eigenvalue weighted by Gasteiger charge is 2.07. The van der Waals surface area contributed by atoms with Crippen LogP contribution in [0.3, 0.4) is 0 Å². The molecule has 0 aromatic heterocycles. The zero-order chi connectivity index (χ0) is 19.1. The Morgan fingerprint density at radius 2 is 1.44 bits per heavy atom. The van der Waals surface area contributed by atoms with Crippen LogP contribution in [0.5, 0.6) is 17.2 Å². The van der Waals surface area contributed by atoms with Crippen molar-refractivity contribution in [3.05, 3.63) is 96.6 Å². The van der Waals surface area contributed by atoms with E-state index in [0.717, 1.165) is 11.3 Å². The molecule has 1 N–H and O–H groups in total. The fourth-order valence-electron chi connectivity index (χ4n) is 2.34. The first kappa shape index (κ1) is 18.3. The summed E-state index contributed by atoms with van der Waals surface area (Å²) in [6.45, 7) is 6.16. The first-order valence-corrected chi connectivity index (χ1v) is 8.62. The number of nitrogens with one attached hydrogen (secondary N) is 1. The average molecular weight is 359 g/mol. The van der Waals surface area contributed by atoms with Gasteiger partial charge in [-0.15, -0.1) is 0 Å². The SMILES string of the molecule is C=C(C)COc1ccc(C(=O)Nc2ccc(Oc3ccccc3)cc2)cc1. The van der Waals surface area contributed by atoms with Crippen LogP contribution >= 0.6 is 0 Å². The molecule has 0 aliphatic rings. The first-order valence-electron chi connectivity index (χ1n) is 8.62. The number of anilines is 1. The van der Waals surface area contributed by atoms with E-state index in [-0.39, 0.29) is 5.91 Å². The second kappa shape index (κ2) is 8.72. The van der Waals surface area contributed by atoms with Crippen LogP contribution in [-0.2, 0) is 0 Å². The molecule has 0 aliphatic heterocycles. The van der Waals surface area contributed by atoms with Gasteiger partial charge in [0.1, 0.15) is 23.9 Å². The Bertz CT molecular complexity index is 901. The second-order valence-corrected chi connectivity index (χ2v) is 6.16. The molecule has 0 aliphatic carbocycles. The minimum absolute atomic E-state index is 0.182. The molecule has 3 rings (SSSR count). The highest BCUT2D eigenvalue weighted by Crippen LogP contribution is 2.23. The van der Waals surface area contributed by atoms with Crippen molar-refractivity contribution in [3.8, 4) is 17.2 Å². The molecule has 0 bridgehead atoms. The summed E-state index contributed by atoms with van der Waals surface area (Å²) in [6.07, 6.45) is 0. The lowest BCUT2D eigenvalue weighted by molar-refractivity contribution is 0.102. The van der Waals surface area contributed by atoms with Crippen molar-refractivity contribution in [1.29, 1.82) is 0 Å². The highest BCUT2D eigenvalue weighted by atomic mass is 16.5. The number of ether oxygens (including phenoxy) is 2. The maximum absolute atomic E-state index is 12.4. The number of hydrogen-bond acceptors (Lipinski definition) is 3. The smallest absolute Gasteiger partial charge is 0.255 e. The van der Waals surface area contributed by atoms with Crippen LogP contribution in [-0.4, -0.2) is 12.5 Å². The van der Waals surface area contributed by atoms with Gasteiger partial charge in [-0.1, -0.05) is 24.8 Å². The summed E-state index contributed by atoms with van der Waals surface area (Å²) in [4.78, 5) is 12.4. The molecular formula is C23H21NO3. The van der Waals surface area contributed by atoms with Crippen molar-refractivity contribution in [2.24, 2.45) is 0 Å². The van der Waals surface area contributed by atoms with Crippen LogP contribution in [0.25, 0.3) is 0 Å². The van der Waals surface area contributed by atoms with Crippen LogP contribution in [0.4, 0.5) is 5.69 Å². The number of carbonyl (C=O) groups excluding carboxylic acids is 1. The molecule has 0 spiro atoms. The minimum Gasteiger partial charge on any atom is -0.489 e. The van der Waals surface area contributed by atoms with Crippen molar-refractivity contribution < 1.29 is 14.3 Å². The van der Waals surface area contributed by atoms with E-state index in [1.807, 2.05) is 49.4 Å². The van der Waals surface area contributed by atoms with E-state index >= 15 is 0 Å². The summed E-state index contributed by atoms with van der Waals surface area (Å²) in [5, 5.41) is 2.87. The maximum atomic E-state index is 12.4. The van der Waals surface area contributed by atoms with Crippen LogP contribution in [0.2, 0.25) is 0 Å². The van der Waals surface area contributed by atoms with Gasteiger partial charge < -0.3 is 14.8 Å². The molecule has 0 atom stereocenters. The lowest BCUT2D eigenvalue weighted by atomic mass is 10.2. The number of rotatable bonds is 7. The number of carbonyl (C=O) groups is 1. The predicted molar refractivity (Wildman–Crippen MR) is 108 cm³/mol. The van der Waals surface area contributed by atoms with Gasteiger partial charge >= 0.3 is 0 Å². The van der Waals surface area contributed by atoms with Gasteiger partial charge in [-0.3, -0.25) is 4.79 Å². The summed E-state index contributed by atoms with van der Waals surface area (Å²) in [5.41, 5.74) is 2.20. The molecule has 0 unspecified atom stereocenters. The molecule has 0 radical (unpaired) electrons. The third-order valence-corrected chi connectivity index (χ3v) is 3.69. The minimum atomic E-state index is -0.182. The van der Waals surface area contributed by atoms with E-state index in [1.165, 1.54) is 0 Å². The number of benzene rings is 3. The lowest BCUT2D eigenvalue weighted by Gasteiger charge is -2.09. The summed E-state index contributed by atoms with van der Waals surface area (Å²) in [5.74, 6) is 2.00. The summed E-state index contributed by atoms with van der Waals surface area (Å²) in [6, 6.07) is 23.8. The van der Waals surface area contributed by atoms with Gasteiger partial charge in [0.2, 0.25) is 0 Å². The van der Waals surface area contributed by atoms with Crippen molar-refractivity contribution in [2.75, 3.05) is 11.9 Å². The standard InChI is InChI=1S/C23H21NO3/c1-17(2)16-26-20-12-8-18(9-13-20)23(25)24-19-10-14-22(15-11-19)27-21-6-4-3-5-7-21/h3-15H,1,16H2,2H3,(H,24,25). The monoisotopic (exact) mass is 359 g/mol. The van der Waals surface area contributed by atoms with E-state index in [1.54, 1.807) is 36.4 Å². The van der Waals surface area contributed by atoms with Crippen LogP contribution in [0.15, 0.2) is 91.0 Å². The van der Waals surface area contributed by atoms with Crippen molar-refractivity contribution in [2.45, 2.75) is 6.92 Å². The fourth-order valence-corrected chi connectivity index (χ4v) is 2.34. The maximum Gasteiger partial charge on any atom is 0.255 e. The van der Waals surface area contributed by atoms with Gasteiger partial charge in [0.05, 0.1) is 0 Å². The Morgan fingerprint density at radius 3 is 2.07 bits per heavy atom. The Balaban J connectivity index is 1.58. The van der Waals surface area contributed by atoms with Crippen molar-refractivity contribution in [3.63, 3.8) is 0 Å².